The van der Waals surface area contributed by atoms with Gasteiger partial charge in [0.2, 0.25) is 10.0 Å². The van der Waals surface area contributed by atoms with Crippen LogP contribution < -0.4 is 9.46 Å². The lowest BCUT2D eigenvalue weighted by molar-refractivity contribution is 0.162. The Labute approximate surface area is 164 Å². The molecule has 26 heavy (non-hydrogen) atoms. The monoisotopic (exact) mass is 414 g/mol. The van der Waals surface area contributed by atoms with E-state index in [0.29, 0.717) is 4.34 Å². The summed E-state index contributed by atoms with van der Waals surface area (Å²) in [6, 6.07) is 10.9. The van der Waals surface area contributed by atoms with E-state index >= 15 is 0 Å². The number of likely N-dealkylation sites (tertiary alicyclic amines) is 1. The second-order valence-corrected chi connectivity index (χ2v) is 9.97. The molecule has 1 aromatic carbocycles. The first-order valence-corrected chi connectivity index (χ1v) is 11.3. The van der Waals surface area contributed by atoms with E-state index in [1.807, 2.05) is 24.3 Å². The molecule has 2 aromatic rings. The standard InChI is InChI=1S/C18H23ClN2O3S2/c1-24-16-8-4-3-7-14(16)15(21-11-5-2-6-12-21)13-20-26(22,23)18-10-9-17(19)25-18/h3-4,7-10,15,20H,2,5-6,11-13H2,1H3. The number of hydrogen-bond donors (Lipinski definition) is 1. The van der Waals surface area contributed by atoms with Gasteiger partial charge in [-0.3, -0.25) is 4.90 Å². The molecular weight excluding hydrogens is 392 g/mol. The molecule has 142 valence electrons. The first-order chi connectivity index (χ1) is 12.5. The molecule has 0 spiro atoms. The number of benzene rings is 1. The van der Waals surface area contributed by atoms with Crippen LogP contribution in [0.4, 0.5) is 0 Å². The van der Waals surface area contributed by atoms with Crippen LogP contribution in [0.5, 0.6) is 5.75 Å². The van der Waals surface area contributed by atoms with Gasteiger partial charge in [0.15, 0.2) is 0 Å². The van der Waals surface area contributed by atoms with Crippen molar-refractivity contribution in [1.29, 1.82) is 0 Å². The molecule has 0 aliphatic carbocycles. The zero-order valence-corrected chi connectivity index (χ0v) is 17.0. The van der Waals surface area contributed by atoms with Gasteiger partial charge in [-0.05, 0) is 44.1 Å². The Kier molecular flexibility index (Phi) is 6.58. The summed E-state index contributed by atoms with van der Waals surface area (Å²) in [7, 11) is -1.94. The summed E-state index contributed by atoms with van der Waals surface area (Å²) < 4.78 is 34.2. The Balaban J connectivity index is 1.84. The maximum Gasteiger partial charge on any atom is 0.250 e. The van der Waals surface area contributed by atoms with Crippen molar-refractivity contribution in [2.45, 2.75) is 29.5 Å². The second kappa shape index (κ2) is 8.71. The van der Waals surface area contributed by atoms with E-state index < -0.39 is 10.0 Å². The average Bonchev–Trinajstić information content (AvgIpc) is 3.10. The quantitative estimate of drug-likeness (QED) is 0.746. The van der Waals surface area contributed by atoms with Crippen molar-refractivity contribution in [2.24, 2.45) is 0 Å². The van der Waals surface area contributed by atoms with E-state index in [4.69, 9.17) is 16.3 Å². The summed E-state index contributed by atoms with van der Waals surface area (Å²) in [5, 5.41) is 0. The summed E-state index contributed by atoms with van der Waals surface area (Å²) in [5.41, 5.74) is 1.00. The van der Waals surface area contributed by atoms with Gasteiger partial charge in [0.05, 0.1) is 17.5 Å². The summed E-state index contributed by atoms with van der Waals surface area (Å²) >= 11 is 6.95. The van der Waals surface area contributed by atoms with Gasteiger partial charge in [-0.25, -0.2) is 13.1 Å². The highest BCUT2D eigenvalue weighted by Gasteiger charge is 2.27. The Morgan fingerprint density at radius 3 is 2.58 bits per heavy atom. The maximum absolute atomic E-state index is 12.6. The van der Waals surface area contributed by atoms with E-state index in [0.717, 1.165) is 48.6 Å². The molecule has 0 saturated carbocycles. The number of rotatable bonds is 7. The van der Waals surface area contributed by atoms with Crippen molar-refractivity contribution < 1.29 is 13.2 Å². The molecule has 0 bridgehead atoms. The van der Waals surface area contributed by atoms with Crippen molar-refractivity contribution in [3.8, 4) is 5.75 Å². The highest BCUT2D eigenvalue weighted by atomic mass is 35.5. The normalized spacial score (nSPS) is 17.2. The molecule has 1 atom stereocenters. The maximum atomic E-state index is 12.6. The van der Waals surface area contributed by atoms with Crippen molar-refractivity contribution in [1.82, 2.24) is 9.62 Å². The lowest BCUT2D eigenvalue weighted by atomic mass is 10.0. The fourth-order valence-corrected chi connectivity index (χ4v) is 5.88. The number of halogens is 1. The third-order valence-corrected chi connectivity index (χ3v) is 7.76. The zero-order valence-electron chi connectivity index (χ0n) is 14.7. The minimum absolute atomic E-state index is 0.0725. The third-order valence-electron chi connectivity index (χ3n) is 4.61. The number of ether oxygens (including phenoxy) is 1. The van der Waals surface area contributed by atoms with Gasteiger partial charge in [0.1, 0.15) is 9.96 Å². The zero-order chi connectivity index (χ0) is 18.6. The lowest BCUT2D eigenvalue weighted by Gasteiger charge is -2.35. The number of piperidine rings is 1. The van der Waals surface area contributed by atoms with Crippen molar-refractivity contribution in [3.63, 3.8) is 0 Å². The fourth-order valence-electron chi connectivity index (χ4n) is 3.31. The summed E-state index contributed by atoms with van der Waals surface area (Å²) in [4.78, 5) is 2.34. The van der Waals surface area contributed by atoms with Gasteiger partial charge in [-0.15, -0.1) is 11.3 Å². The second-order valence-electron chi connectivity index (χ2n) is 6.26. The highest BCUT2D eigenvalue weighted by Crippen LogP contribution is 2.32. The summed E-state index contributed by atoms with van der Waals surface area (Å²) in [6.07, 6.45) is 3.46. The van der Waals surface area contributed by atoms with E-state index in [-0.39, 0.29) is 16.8 Å². The SMILES string of the molecule is COc1ccccc1C(CNS(=O)(=O)c1ccc(Cl)s1)N1CCCCC1. The van der Waals surface area contributed by atoms with Gasteiger partial charge in [0.25, 0.3) is 0 Å². The van der Waals surface area contributed by atoms with Gasteiger partial charge < -0.3 is 4.74 Å². The molecule has 5 nitrogen and oxygen atoms in total. The van der Waals surface area contributed by atoms with Gasteiger partial charge >= 0.3 is 0 Å². The number of thiophene rings is 1. The number of methoxy groups -OCH3 is 1. The molecule has 1 aliphatic heterocycles. The van der Waals surface area contributed by atoms with E-state index in [9.17, 15) is 8.42 Å². The van der Waals surface area contributed by atoms with Crippen molar-refractivity contribution >= 4 is 33.0 Å². The number of sulfonamides is 1. The lowest BCUT2D eigenvalue weighted by Crippen LogP contribution is -2.40. The van der Waals surface area contributed by atoms with Crippen LogP contribution in [-0.4, -0.2) is 40.1 Å². The smallest absolute Gasteiger partial charge is 0.250 e. The molecule has 1 N–H and O–H groups in total. The van der Waals surface area contributed by atoms with E-state index in [1.165, 1.54) is 12.5 Å². The largest absolute Gasteiger partial charge is 0.496 e. The molecule has 3 rings (SSSR count). The van der Waals surface area contributed by atoms with E-state index in [1.54, 1.807) is 13.2 Å². The topological polar surface area (TPSA) is 58.6 Å². The molecule has 1 unspecified atom stereocenters. The first-order valence-electron chi connectivity index (χ1n) is 8.63. The Morgan fingerprint density at radius 2 is 1.92 bits per heavy atom. The number of para-hydroxylation sites is 1. The molecule has 1 fully saturated rings. The van der Waals surface area contributed by atoms with Crippen LogP contribution >= 0.6 is 22.9 Å². The van der Waals surface area contributed by atoms with Crippen molar-refractivity contribution in [3.05, 3.63) is 46.3 Å². The van der Waals surface area contributed by atoms with Crippen LogP contribution in [0.2, 0.25) is 4.34 Å². The molecule has 0 radical (unpaired) electrons. The molecule has 1 aromatic heterocycles. The Bertz CT molecular complexity index is 832. The van der Waals surface area contributed by atoms with Crippen LogP contribution in [0.25, 0.3) is 0 Å². The Morgan fingerprint density at radius 1 is 1.19 bits per heavy atom. The van der Waals surface area contributed by atoms with Crippen LogP contribution in [-0.2, 0) is 10.0 Å². The number of nitrogens with one attached hydrogen (secondary N) is 1. The predicted octanol–water partition coefficient (Wildman–Crippen LogP) is 3.92. The highest BCUT2D eigenvalue weighted by molar-refractivity contribution is 7.91. The van der Waals surface area contributed by atoms with Crippen LogP contribution in [0.1, 0.15) is 30.9 Å². The minimum Gasteiger partial charge on any atom is -0.496 e. The van der Waals surface area contributed by atoms with Crippen LogP contribution in [0.15, 0.2) is 40.6 Å². The third kappa shape index (κ3) is 4.58. The molecule has 8 heteroatoms. The molecule has 1 aliphatic rings. The first kappa shape index (κ1) is 19.6. The van der Waals surface area contributed by atoms with Gasteiger partial charge in [-0.1, -0.05) is 36.2 Å². The molecular formula is C18H23ClN2O3S2. The minimum atomic E-state index is -3.58. The van der Waals surface area contributed by atoms with Gasteiger partial charge in [0, 0.05) is 12.1 Å². The van der Waals surface area contributed by atoms with Crippen molar-refractivity contribution in [2.75, 3.05) is 26.7 Å². The molecule has 1 saturated heterocycles. The summed E-state index contributed by atoms with van der Waals surface area (Å²) in [5.74, 6) is 0.779. The van der Waals surface area contributed by atoms with Crippen LogP contribution in [0.3, 0.4) is 0 Å². The van der Waals surface area contributed by atoms with Crippen LogP contribution in [0, 0.1) is 0 Å². The molecule has 0 amide bonds. The summed E-state index contributed by atoms with van der Waals surface area (Å²) in [6.45, 7) is 2.20. The predicted molar refractivity (Wildman–Crippen MR) is 106 cm³/mol. The molecule has 2 heterocycles. The van der Waals surface area contributed by atoms with E-state index in [2.05, 4.69) is 9.62 Å². The number of hydrogen-bond acceptors (Lipinski definition) is 5. The van der Waals surface area contributed by atoms with Gasteiger partial charge in [-0.2, -0.15) is 0 Å². The average molecular weight is 415 g/mol. The fraction of sp³-hybridized carbons (Fsp3) is 0.444. The Hall–Kier alpha value is -1.12. The number of nitrogens with zero attached hydrogens (tertiary/aromatic N) is 1.